The lowest BCUT2D eigenvalue weighted by atomic mass is 10.1. The molecule has 3 heteroatoms. The molecule has 0 saturated heterocycles. The summed E-state index contributed by atoms with van der Waals surface area (Å²) in [4.78, 5) is 8.66. The van der Waals surface area contributed by atoms with E-state index in [0.29, 0.717) is 5.82 Å². The van der Waals surface area contributed by atoms with Gasteiger partial charge >= 0.3 is 0 Å². The highest BCUT2D eigenvalue weighted by Gasteiger charge is 2.04. The lowest BCUT2D eigenvalue weighted by Crippen LogP contribution is -1.98. The van der Waals surface area contributed by atoms with Gasteiger partial charge in [0.15, 0.2) is 0 Å². The second-order valence-electron chi connectivity index (χ2n) is 4.20. The minimum absolute atomic E-state index is 0.252. The summed E-state index contributed by atoms with van der Waals surface area (Å²) in [5.41, 5.74) is 4.15. The molecule has 2 rings (SSSR count). The topological polar surface area (TPSA) is 49.6 Å². The molecule has 0 amide bonds. The normalized spacial score (nSPS) is 10.1. The molecule has 90 valence electrons. The van der Waals surface area contributed by atoms with Gasteiger partial charge in [0.05, 0.1) is 18.2 Å². The molecule has 1 heterocycles. The largest absolute Gasteiger partial charge is 0.237 e. The fourth-order valence-corrected chi connectivity index (χ4v) is 1.84. The third kappa shape index (κ3) is 2.72. The fourth-order valence-electron chi connectivity index (χ4n) is 1.84. The summed E-state index contributed by atoms with van der Waals surface area (Å²) < 4.78 is 0. The van der Waals surface area contributed by atoms with E-state index in [1.807, 2.05) is 13.0 Å². The Hall–Kier alpha value is -2.21. The van der Waals surface area contributed by atoms with Gasteiger partial charge in [-0.3, -0.25) is 0 Å². The average molecular weight is 237 g/mol. The molecule has 0 radical (unpaired) electrons. The second kappa shape index (κ2) is 5.42. The number of nitrogens with zero attached hydrogens (tertiary/aromatic N) is 3. The highest BCUT2D eigenvalue weighted by Crippen LogP contribution is 2.18. The van der Waals surface area contributed by atoms with Gasteiger partial charge in [-0.25, -0.2) is 9.97 Å². The summed E-state index contributed by atoms with van der Waals surface area (Å²) in [6.07, 6.45) is 1.28. The van der Waals surface area contributed by atoms with Gasteiger partial charge in [0, 0.05) is 11.3 Å². The standard InChI is InChI=1S/C15H15N3/c1-3-12-4-6-13(7-5-12)14-10-11(2)17-15(18-14)8-9-16/h4-7,10H,3,8H2,1-2H3. The van der Waals surface area contributed by atoms with Crippen LogP contribution >= 0.6 is 0 Å². The Morgan fingerprint density at radius 1 is 1.17 bits per heavy atom. The molecule has 0 aliphatic heterocycles. The average Bonchev–Trinajstić information content (AvgIpc) is 2.38. The smallest absolute Gasteiger partial charge is 0.143 e. The van der Waals surface area contributed by atoms with Crippen LogP contribution in [0.2, 0.25) is 0 Å². The van der Waals surface area contributed by atoms with Gasteiger partial charge < -0.3 is 0 Å². The van der Waals surface area contributed by atoms with Crippen molar-refractivity contribution in [2.45, 2.75) is 26.7 Å². The van der Waals surface area contributed by atoms with Gasteiger partial charge in [-0.2, -0.15) is 5.26 Å². The van der Waals surface area contributed by atoms with Crippen molar-refractivity contribution in [1.29, 1.82) is 5.26 Å². The number of hydrogen-bond acceptors (Lipinski definition) is 3. The van der Waals surface area contributed by atoms with Crippen LogP contribution in [0.25, 0.3) is 11.3 Å². The maximum atomic E-state index is 8.71. The minimum Gasteiger partial charge on any atom is -0.237 e. The Morgan fingerprint density at radius 2 is 1.89 bits per heavy atom. The van der Waals surface area contributed by atoms with Crippen molar-refractivity contribution in [3.63, 3.8) is 0 Å². The Balaban J connectivity index is 2.40. The first-order chi connectivity index (χ1) is 8.72. The summed E-state index contributed by atoms with van der Waals surface area (Å²) in [6.45, 7) is 4.06. The molecule has 0 spiro atoms. The van der Waals surface area contributed by atoms with Crippen molar-refractivity contribution >= 4 is 0 Å². The van der Waals surface area contributed by atoms with E-state index in [9.17, 15) is 0 Å². The summed E-state index contributed by atoms with van der Waals surface area (Å²) in [6, 6.07) is 12.4. The van der Waals surface area contributed by atoms with Crippen molar-refractivity contribution in [3.05, 3.63) is 47.4 Å². The predicted molar refractivity (Wildman–Crippen MR) is 70.9 cm³/mol. The quantitative estimate of drug-likeness (QED) is 0.824. The number of rotatable bonds is 3. The summed E-state index contributed by atoms with van der Waals surface area (Å²) >= 11 is 0. The number of aryl methyl sites for hydroxylation is 2. The molecule has 1 aromatic carbocycles. The third-order valence-corrected chi connectivity index (χ3v) is 2.80. The summed E-state index contributed by atoms with van der Waals surface area (Å²) in [5.74, 6) is 0.590. The highest BCUT2D eigenvalue weighted by molar-refractivity contribution is 5.59. The minimum atomic E-state index is 0.252. The lowest BCUT2D eigenvalue weighted by Gasteiger charge is -2.05. The third-order valence-electron chi connectivity index (χ3n) is 2.80. The molecule has 1 aromatic heterocycles. The van der Waals surface area contributed by atoms with Crippen molar-refractivity contribution < 1.29 is 0 Å². The Labute approximate surface area is 107 Å². The number of aromatic nitrogens is 2. The monoisotopic (exact) mass is 237 g/mol. The molecule has 0 bridgehead atoms. The van der Waals surface area contributed by atoms with Gasteiger partial charge in [0.1, 0.15) is 5.82 Å². The molecule has 0 atom stereocenters. The van der Waals surface area contributed by atoms with Crippen LogP contribution in [0.3, 0.4) is 0 Å². The van der Waals surface area contributed by atoms with E-state index >= 15 is 0 Å². The second-order valence-corrected chi connectivity index (χ2v) is 4.20. The zero-order valence-electron chi connectivity index (χ0n) is 10.6. The fraction of sp³-hybridized carbons (Fsp3) is 0.267. The van der Waals surface area contributed by atoms with Gasteiger partial charge in [-0.05, 0) is 25.0 Å². The van der Waals surface area contributed by atoms with E-state index < -0.39 is 0 Å². The predicted octanol–water partition coefficient (Wildman–Crippen LogP) is 3.08. The van der Waals surface area contributed by atoms with Crippen molar-refractivity contribution in [1.82, 2.24) is 9.97 Å². The lowest BCUT2D eigenvalue weighted by molar-refractivity contribution is 0.968. The number of hydrogen-bond donors (Lipinski definition) is 0. The maximum Gasteiger partial charge on any atom is 0.143 e. The van der Waals surface area contributed by atoms with E-state index in [4.69, 9.17) is 5.26 Å². The first-order valence-electron chi connectivity index (χ1n) is 6.03. The van der Waals surface area contributed by atoms with Crippen LogP contribution in [0.15, 0.2) is 30.3 Å². The van der Waals surface area contributed by atoms with E-state index in [1.54, 1.807) is 0 Å². The van der Waals surface area contributed by atoms with E-state index in [0.717, 1.165) is 23.4 Å². The number of benzene rings is 1. The van der Waals surface area contributed by atoms with Gasteiger partial charge in [0.25, 0.3) is 0 Å². The van der Waals surface area contributed by atoms with E-state index in [-0.39, 0.29) is 6.42 Å². The number of nitriles is 1. The van der Waals surface area contributed by atoms with Crippen LogP contribution in [0, 0.1) is 18.3 Å². The SMILES string of the molecule is CCc1ccc(-c2cc(C)nc(CC#N)n2)cc1. The Morgan fingerprint density at radius 3 is 2.50 bits per heavy atom. The van der Waals surface area contributed by atoms with Crippen LogP contribution in [-0.4, -0.2) is 9.97 Å². The molecule has 18 heavy (non-hydrogen) atoms. The Kier molecular flexibility index (Phi) is 3.69. The zero-order chi connectivity index (χ0) is 13.0. The zero-order valence-corrected chi connectivity index (χ0v) is 10.6. The molecule has 0 aliphatic rings. The summed E-state index contributed by atoms with van der Waals surface area (Å²) in [7, 11) is 0. The van der Waals surface area contributed by atoms with Crippen molar-refractivity contribution in [3.8, 4) is 17.3 Å². The van der Waals surface area contributed by atoms with Crippen LogP contribution in [0.1, 0.15) is 24.0 Å². The first-order valence-corrected chi connectivity index (χ1v) is 6.03. The van der Waals surface area contributed by atoms with Crippen molar-refractivity contribution in [2.75, 3.05) is 0 Å². The molecular weight excluding hydrogens is 222 g/mol. The molecule has 0 saturated carbocycles. The van der Waals surface area contributed by atoms with Gasteiger partial charge in [-0.15, -0.1) is 0 Å². The van der Waals surface area contributed by atoms with E-state index in [1.165, 1.54) is 5.56 Å². The van der Waals surface area contributed by atoms with Crippen LogP contribution in [0.5, 0.6) is 0 Å². The molecule has 0 aliphatic carbocycles. The van der Waals surface area contributed by atoms with Gasteiger partial charge in [0.2, 0.25) is 0 Å². The first kappa shape index (κ1) is 12.3. The highest BCUT2D eigenvalue weighted by atomic mass is 14.9. The molecule has 0 unspecified atom stereocenters. The molecule has 0 fully saturated rings. The van der Waals surface area contributed by atoms with Crippen LogP contribution < -0.4 is 0 Å². The Bertz CT molecular complexity index is 580. The maximum absolute atomic E-state index is 8.71. The molecule has 2 aromatic rings. The van der Waals surface area contributed by atoms with Gasteiger partial charge in [-0.1, -0.05) is 31.2 Å². The van der Waals surface area contributed by atoms with Crippen LogP contribution in [0.4, 0.5) is 0 Å². The molecule has 0 N–H and O–H groups in total. The van der Waals surface area contributed by atoms with Crippen LogP contribution in [-0.2, 0) is 12.8 Å². The molecular formula is C15H15N3. The van der Waals surface area contributed by atoms with Crippen molar-refractivity contribution in [2.24, 2.45) is 0 Å². The summed E-state index contributed by atoms with van der Waals surface area (Å²) in [5, 5.41) is 8.71. The van der Waals surface area contributed by atoms with E-state index in [2.05, 4.69) is 47.2 Å². The molecule has 3 nitrogen and oxygen atoms in total.